The van der Waals surface area contributed by atoms with Crippen LogP contribution in [0, 0.1) is 20.8 Å². The summed E-state index contributed by atoms with van der Waals surface area (Å²) in [4.78, 5) is 3.29. The summed E-state index contributed by atoms with van der Waals surface area (Å²) in [6.07, 6.45) is -3.00. The number of hydrogen-bond acceptors (Lipinski definition) is 2. The average molecular weight is 298 g/mol. The number of nitrogens with zero attached hydrogens (tertiary/aromatic N) is 2. The second-order valence-corrected chi connectivity index (χ2v) is 3.21. The molecule has 0 aliphatic carbocycles. The molecule has 6 heteroatoms. The van der Waals surface area contributed by atoms with Gasteiger partial charge in [-0.15, -0.1) is 0 Å². The van der Waals surface area contributed by atoms with Crippen LogP contribution in [0.15, 0.2) is 6.07 Å². The number of pyridine rings is 1. The molecule has 0 atom stereocenters. The van der Waals surface area contributed by atoms with Gasteiger partial charge in [0.2, 0.25) is 0 Å². The molecule has 0 amide bonds. The van der Waals surface area contributed by atoms with Gasteiger partial charge in [-0.1, -0.05) is 0 Å². The predicted octanol–water partition coefficient (Wildman–Crippen LogP) is 2.63. The van der Waals surface area contributed by atoms with Gasteiger partial charge in [-0.05, 0) is 28.7 Å². The summed E-state index contributed by atoms with van der Waals surface area (Å²) in [6, 6.07) is 2.59. The van der Waals surface area contributed by atoms with E-state index >= 15 is 0 Å². The Balaban J connectivity index is 3.38. The van der Waals surface area contributed by atoms with Gasteiger partial charge < -0.3 is 0 Å². The van der Waals surface area contributed by atoms with E-state index in [-0.39, 0.29) is 3.70 Å². The molecule has 1 aromatic rings. The smallest absolute Gasteiger partial charge is 0.238 e. The molecule has 1 rings (SSSR count). The first-order valence-corrected chi connectivity index (χ1v) is 4.18. The molecule has 0 saturated carbocycles. The second kappa shape index (κ2) is 3.91. The van der Waals surface area contributed by atoms with Crippen LogP contribution in [0.3, 0.4) is 0 Å². The van der Waals surface area contributed by atoms with Crippen LogP contribution in [-0.4, -0.2) is 4.98 Å². The van der Waals surface area contributed by atoms with Gasteiger partial charge in [-0.25, -0.2) is 18.2 Å². The third-order valence-corrected chi connectivity index (χ3v) is 1.83. The SMILES string of the molecule is N#Cc1cc(I)nc(C(F)F)c1F. The van der Waals surface area contributed by atoms with Gasteiger partial charge in [0.15, 0.2) is 5.82 Å². The molecule has 0 saturated heterocycles. The fourth-order valence-corrected chi connectivity index (χ4v) is 1.31. The van der Waals surface area contributed by atoms with Crippen molar-refractivity contribution in [3.63, 3.8) is 0 Å². The molecule has 2 nitrogen and oxygen atoms in total. The van der Waals surface area contributed by atoms with Crippen molar-refractivity contribution in [1.29, 1.82) is 5.26 Å². The van der Waals surface area contributed by atoms with Crippen molar-refractivity contribution in [2.75, 3.05) is 0 Å². The fourth-order valence-electron chi connectivity index (χ4n) is 0.743. The number of aromatic nitrogens is 1. The maximum atomic E-state index is 12.9. The number of rotatable bonds is 1. The zero-order valence-electron chi connectivity index (χ0n) is 6.06. The lowest BCUT2D eigenvalue weighted by molar-refractivity contribution is 0.140. The normalized spacial score (nSPS) is 10.2. The topological polar surface area (TPSA) is 36.7 Å². The molecule has 0 aromatic carbocycles. The first kappa shape index (κ1) is 10.2. The van der Waals surface area contributed by atoms with E-state index in [2.05, 4.69) is 4.98 Å². The van der Waals surface area contributed by atoms with Crippen LogP contribution in [0.1, 0.15) is 17.7 Å². The maximum absolute atomic E-state index is 12.9. The van der Waals surface area contributed by atoms with Gasteiger partial charge in [0.05, 0.1) is 5.56 Å². The van der Waals surface area contributed by atoms with E-state index in [9.17, 15) is 13.2 Å². The van der Waals surface area contributed by atoms with Crippen molar-refractivity contribution in [3.8, 4) is 6.07 Å². The van der Waals surface area contributed by atoms with Crippen LogP contribution in [0.25, 0.3) is 0 Å². The highest BCUT2D eigenvalue weighted by Gasteiger charge is 2.19. The van der Waals surface area contributed by atoms with Crippen LogP contribution < -0.4 is 0 Å². The van der Waals surface area contributed by atoms with E-state index in [0.29, 0.717) is 0 Å². The Morgan fingerprint density at radius 1 is 1.54 bits per heavy atom. The van der Waals surface area contributed by atoms with E-state index in [0.717, 1.165) is 6.07 Å². The van der Waals surface area contributed by atoms with E-state index in [1.165, 1.54) is 6.07 Å². The van der Waals surface area contributed by atoms with Crippen molar-refractivity contribution >= 4 is 22.6 Å². The van der Waals surface area contributed by atoms with E-state index < -0.39 is 23.5 Å². The fraction of sp³-hybridized carbons (Fsp3) is 0.143. The number of halogens is 4. The Morgan fingerprint density at radius 3 is 2.62 bits per heavy atom. The first-order chi connectivity index (χ1) is 6.06. The summed E-state index contributed by atoms with van der Waals surface area (Å²) in [5, 5.41) is 8.38. The van der Waals surface area contributed by atoms with Crippen LogP contribution in [-0.2, 0) is 0 Å². The van der Waals surface area contributed by atoms with E-state index in [4.69, 9.17) is 5.26 Å². The van der Waals surface area contributed by atoms with Gasteiger partial charge in [-0.2, -0.15) is 5.26 Å². The standard InChI is InChI=1S/C7H2F3IN2/c8-5-3(2-12)1-4(11)13-6(5)7(9)10/h1,7H. The Kier molecular flexibility index (Phi) is 3.08. The van der Waals surface area contributed by atoms with Gasteiger partial charge in [0.25, 0.3) is 6.43 Å². The summed E-state index contributed by atoms with van der Waals surface area (Å²) in [5.74, 6) is -1.24. The zero-order valence-corrected chi connectivity index (χ0v) is 8.22. The molecule has 0 N–H and O–H groups in total. The van der Waals surface area contributed by atoms with Crippen LogP contribution in [0.4, 0.5) is 13.2 Å². The predicted molar refractivity (Wildman–Crippen MR) is 46.6 cm³/mol. The number of alkyl halides is 2. The monoisotopic (exact) mass is 298 g/mol. The maximum Gasteiger partial charge on any atom is 0.283 e. The molecule has 0 unspecified atom stereocenters. The molecule has 1 aromatic heterocycles. The molecular formula is C7H2F3IN2. The average Bonchev–Trinajstić information content (AvgIpc) is 2.08. The lowest BCUT2D eigenvalue weighted by Crippen LogP contribution is -2.00. The van der Waals surface area contributed by atoms with Crippen LogP contribution >= 0.6 is 22.6 Å². The van der Waals surface area contributed by atoms with Gasteiger partial charge in [-0.3, -0.25) is 0 Å². The third-order valence-electron chi connectivity index (χ3n) is 1.28. The van der Waals surface area contributed by atoms with Crippen molar-refractivity contribution in [1.82, 2.24) is 4.98 Å². The highest BCUT2D eigenvalue weighted by molar-refractivity contribution is 14.1. The van der Waals surface area contributed by atoms with Crippen molar-refractivity contribution in [2.24, 2.45) is 0 Å². The quantitative estimate of drug-likeness (QED) is 0.590. The summed E-state index contributed by atoms with van der Waals surface area (Å²) in [5.41, 5.74) is -1.38. The van der Waals surface area contributed by atoms with Gasteiger partial charge in [0.1, 0.15) is 15.5 Å². The van der Waals surface area contributed by atoms with Gasteiger partial charge in [0, 0.05) is 0 Å². The molecule has 0 fully saturated rings. The molecule has 0 aliphatic heterocycles. The summed E-state index contributed by atoms with van der Waals surface area (Å²) >= 11 is 1.64. The summed E-state index contributed by atoms with van der Waals surface area (Å²) in [7, 11) is 0. The van der Waals surface area contributed by atoms with Gasteiger partial charge >= 0.3 is 0 Å². The van der Waals surface area contributed by atoms with Crippen molar-refractivity contribution in [2.45, 2.75) is 6.43 Å². The minimum atomic E-state index is -3.00. The third kappa shape index (κ3) is 2.09. The lowest BCUT2D eigenvalue weighted by Gasteiger charge is -2.02. The van der Waals surface area contributed by atoms with Crippen molar-refractivity contribution < 1.29 is 13.2 Å². The minimum Gasteiger partial charge on any atom is -0.238 e. The highest BCUT2D eigenvalue weighted by Crippen LogP contribution is 2.23. The Bertz CT molecular complexity index is 373. The first-order valence-electron chi connectivity index (χ1n) is 3.10. The lowest BCUT2D eigenvalue weighted by atomic mass is 10.2. The Labute approximate surface area is 85.5 Å². The molecule has 0 bridgehead atoms. The molecule has 0 spiro atoms. The highest BCUT2D eigenvalue weighted by atomic mass is 127. The number of nitriles is 1. The molecule has 0 aliphatic rings. The molecule has 1 heterocycles. The summed E-state index contributed by atoms with van der Waals surface area (Å²) in [6.45, 7) is 0. The molecule has 68 valence electrons. The second-order valence-electron chi connectivity index (χ2n) is 2.10. The largest absolute Gasteiger partial charge is 0.283 e. The van der Waals surface area contributed by atoms with E-state index in [1.54, 1.807) is 22.6 Å². The molecular weight excluding hydrogens is 296 g/mol. The minimum absolute atomic E-state index is 0.172. The summed E-state index contributed by atoms with van der Waals surface area (Å²) < 4.78 is 37.3. The van der Waals surface area contributed by atoms with Crippen LogP contribution in [0.5, 0.6) is 0 Å². The molecule has 0 radical (unpaired) electrons. The molecule has 13 heavy (non-hydrogen) atoms. The van der Waals surface area contributed by atoms with E-state index in [1.807, 2.05) is 0 Å². The zero-order chi connectivity index (χ0) is 10.0. The Hall–Kier alpha value is -0.840. The van der Waals surface area contributed by atoms with Crippen molar-refractivity contribution in [3.05, 3.63) is 26.8 Å². The number of hydrogen-bond donors (Lipinski definition) is 0. The van der Waals surface area contributed by atoms with Crippen LogP contribution in [0.2, 0.25) is 0 Å². The Morgan fingerprint density at radius 2 is 2.15 bits per heavy atom.